The Hall–Kier alpha value is -1.49. The highest BCUT2D eigenvalue weighted by molar-refractivity contribution is 9.10. The molecule has 0 bridgehead atoms. The SMILES string of the molecule is O=[N+]([O-])c1ccc2cccnc2c1Br. The Kier molecular flexibility index (Phi) is 2.17. The highest BCUT2D eigenvalue weighted by atomic mass is 79.9. The van der Waals surface area contributed by atoms with Crippen molar-refractivity contribution in [2.24, 2.45) is 0 Å². The van der Waals surface area contributed by atoms with Gasteiger partial charge < -0.3 is 0 Å². The fourth-order valence-electron chi connectivity index (χ4n) is 1.24. The summed E-state index contributed by atoms with van der Waals surface area (Å²) >= 11 is 3.18. The Labute approximate surface area is 87.9 Å². The van der Waals surface area contributed by atoms with E-state index in [1.165, 1.54) is 6.07 Å². The molecule has 0 saturated carbocycles. The van der Waals surface area contributed by atoms with Crippen molar-refractivity contribution in [3.05, 3.63) is 45.0 Å². The molecule has 0 spiro atoms. The molecule has 5 heteroatoms. The maximum absolute atomic E-state index is 10.6. The van der Waals surface area contributed by atoms with Crippen molar-refractivity contribution in [2.45, 2.75) is 0 Å². The number of halogens is 1. The zero-order chi connectivity index (χ0) is 10.1. The first kappa shape index (κ1) is 9.08. The van der Waals surface area contributed by atoms with E-state index in [2.05, 4.69) is 20.9 Å². The number of hydrogen-bond donors (Lipinski definition) is 0. The second-order valence-corrected chi connectivity index (χ2v) is 3.52. The van der Waals surface area contributed by atoms with Crippen LogP contribution in [0.3, 0.4) is 0 Å². The van der Waals surface area contributed by atoms with Crippen molar-refractivity contribution < 1.29 is 4.92 Å². The van der Waals surface area contributed by atoms with Gasteiger partial charge in [-0.3, -0.25) is 15.1 Å². The van der Waals surface area contributed by atoms with E-state index in [0.717, 1.165) is 5.39 Å². The Morgan fingerprint density at radius 3 is 2.86 bits per heavy atom. The van der Waals surface area contributed by atoms with E-state index in [4.69, 9.17) is 0 Å². The lowest BCUT2D eigenvalue weighted by Crippen LogP contribution is -1.90. The molecule has 4 nitrogen and oxygen atoms in total. The molecule has 0 radical (unpaired) electrons. The van der Waals surface area contributed by atoms with Gasteiger partial charge in [0.05, 0.1) is 10.4 Å². The summed E-state index contributed by atoms with van der Waals surface area (Å²) in [6, 6.07) is 6.80. The first-order chi connectivity index (χ1) is 6.70. The van der Waals surface area contributed by atoms with Crippen LogP contribution in [0.5, 0.6) is 0 Å². The smallest absolute Gasteiger partial charge is 0.258 e. The van der Waals surface area contributed by atoms with Gasteiger partial charge in [0.1, 0.15) is 4.47 Å². The highest BCUT2D eigenvalue weighted by Gasteiger charge is 2.14. The first-order valence-electron chi connectivity index (χ1n) is 3.88. The van der Waals surface area contributed by atoms with Crippen LogP contribution in [0.15, 0.2) is 34.9 Å². The Bertz CT molecular complexity index is 513. The quantitative estimate of drug-likeness (QED) is 0.579. The fraction of sp³-hybridized carbons (Fsp3) is 0. The van der Waals surface area contributed by atoms with Gasteiger partial charge >= 0.3 is 0 Å². The average molecular weight is 253 g/mol. The average Bonchev–Trinajstić information content (AvgIpc) is 2.18. The van der Waals surface area contributed by atoms with Crippen LogP contribution in [-0.2, 0) is 0 Å². The van der Waals surface area contributed by atoms with Crippen LogP contribution >= 0.6 is 15.9 Å². The van der Waals surface area contributed by atoms with Gasteiger partial charge in [0.25, 0.3) is 5.69 Å². The van der Waals surface area contributed by atoms with Gasteiger partial charge in [0.2, 0.25) is 0 Å². The van der Waals surface area contributed by atoms with Crippen LogP contribution in [0.25, 0.3) is 10.9 Å². The van der Waals surface area contributed by atoms with Gasteiger partial charge in [-0.25, -0.2) is 0 Å². The van der Waals surface area contributed by atoms with Gasteiger partial charge in [0.15, 0.2) is 0 Å². The fourth-order valence-corrected chi connectivity index (χ4v) is 1.85. The van der Waals surface area contributed by atoms with Gasteiger partial charge in [-0.15, -0.1) is 0 Å². The third kappa shape index (κ3) is 1.35. The van der Waals surface area contributed by atoms with E-state index in [-0.39, 0.29) is 5.69 Å². The van der Waals surface area contributed by atoms with Crippen LogP contribution in [0, 0.1) is 10.1 Å². The van der Waals surface area contributed by atoms with E-state index < -0.39 is 4.92 Å². The molecular formula is C9H5BrN2O2. The van der Waals surface area contributed by atoms with Gasteiger partial charge in [0, 0.05) is 17.6 Å². The van der Waals surface area contributed by atoms with Crippen LogP contribution in [0.1, 0.15) is 0 Å². The third-order valence-corrected chi connectivity index (χ3v) is 2.67. The van der Waals surface area contributed by atoms with E-state index in [9.17, 15) is 10.1 Å². The molecule has 0 aliphatic rings. The predicted octanol–water partition coefficient (Wildman–Crippen LogP) is 2.91. The molecule has 2 rings (SSSR count). The molecule has 0 N–H and O–H groups in total. The minimum absolute atomic E-state index is 0.0381. The topological polar surface area (TPSA) is 56.0 Å². The lowest BCUT2D eigenvalue weighted by atomic mass is 10.2. The van der Waals surface area contributed by atoms with Gasteiger partial charge in [-0.05, 0) is 28.1 Å². The number of aromatic nitrogens is 1. The number of benzene rings is 1. The summed E-state index contributed by atoms with van der Waals surface area (Å²) in [6.07, 6.45) is 1.61. The predicted molar refractivity (Wildman–Crippen MR) is 56.1 cm³/mol. The number of rotatable bonds is 1. The number of nitro benzene ring substituents is 1. The number of pyridine rings is 1. The Balaban J connectivity index is 2.81. The maximum atomic E-state index is 10.6. The van der Waals surface area contributed by atoms with Crippen molar-refractivity contribution in [1.29, 1.82) is 0 Å². The van der Waals surface area contributed by atoms with Crippen LogP contribution < -0.4 is 0 Å². The molecule has 0 amide bonds. The molecule has 1 heterocycles. The molecule has 0 unspecified atom stereocenters. The summed E-state index contributed by atoms with van der Waals surface area (Å²) in [4.78, 5) is 14.3. The second-order valence-electron chi connectivity index (χ2n) is 2.73. The monoisotopic (exact) mass is 252 g/mol. The standard InChI is InChI=1S/C9H5BrN2O2/c10-8-7(12(13)14)4-3-6-2-1-5-11-9(6)8/h1-5H. The molecular weight excluding hydrogens is 248 g/mol. The van der Waals surface area contributed by atoms with E-state index in [0.29, 0.717) is 9.99 Å². The van der Waals surface area contributed by atoms with Gasteiger partial charge in [-0.2, -0.15) is 0 Å². The summed E-state index contributed by atoms with van der Waals surface area (Å²) < 4.78 is 0.431. The largest absolute Gasteiger partial charge is 0.285 e. The third-order valence-electron chi connectivity index (χ3n) is 1.89. The lowest BCUT2D eigenvalue weighted by Gasteiger charge is -1.99. The summed E-state index contributed by atoms with van der Waals surface area (Å²) in [5.74, 6) is 0. The van der Waals surface area contributed by atoms with Crippen LogP contribution in [0.4, 0.5) is 5.69 Å². The highest BCUT2D eigenvalue weighted by Crippen LogP contribution is 2.30. The van der Waals surface area contributed by atoms with Crippen molar-refractivity contribution in [1.82, 2.24) is 4.98 Å². The van der Waals surface area contributed by atoms with E-state index in [1.807, 2.05) is 6.07 Å². The van der Waals surface area contributed by atoms with Crippen molar-refractivity contribution >= 4 is 32.5 Å². The minimum Gasteiger partial charge on any atom is -0.258 e. The van der Waals surface area contributed by atoms with Crippen molar-refractivity contribution in [3.8, 4) is 0 Å². The zero-order valence-corrected chi connectivity index (χ0v) is 8.56. The molecule has 14 heavy (non-hydrogen) atoms. The zero-order valence-electron chi connectivity index (χ0n) is 6.98. The van der Waals surface area contributed by atoms with Crippen molar-refractivity contribution in [2.75, 3.05) is 0 Å². The first-order valence-corrected chi connectivity index (χ1v) is 4.67. The van der Waals surface area contributed by atoms with Gasteiger partial charge in [-0.1, -0.05) is 6.07 Å². The molecule has 0 aliphatic carbocycles. The Morgan fingerprint density at radius 2 is 2.14 bits per heavy atom. The number of nitro groups is 1. The van der Waals surface area contributed by atoms with Crippen LogP contribution in [0.2, 0.25) is 0 Å². The summed E-state index contributed by atoms with van der Waals surface area (Å²) in [7, 11) is 0. The number of fused-ring (bicyclic) bond motifs is 1. The number of nitrogens with zero attached hydrogens (tertiary/aromatic N) is 2. The molecule has 0 fully saturated rings. The summed E-state index contributed by atoms with van der Waals surface area (Å²) in [5, 5.41) is 11.5. The molecule has 0 aliphatic heterocycles. The molecule has 0 atom stereocenters. The van der Waals surface area contributed by atoms with Crippen molar-refractivity contribution in [3.63, 3.8) is 0 Å². The molecule has 1 aromatic heterocycles. The summed E-state index contributed by atoms with van der Waals surface area (Å²) in [5.41, 5.74) is 0.651. The second kappa shape index (κ2) is 3.34. The molecule has 1 aromatic carbocycles. The molecule has 0 saturated heterocycles. The molecule has 70 valence electrons. The lowest BCUT2D eigenvalue weighted by molar-refractivity contribution is -0.385. The minimum atomic E-state index is -0.432. The number of hydrogen-bond acceptors (Lipinski definition) is 3. The van der Waals surface area contributed by atoms with Crippen LogP contribution in [-0.4, -0.2) is 9.91 Å². The Morgan fingerprint density at radius 1 is 1.36 bits per heavy atom. The van der Waals surface area contributed by atoms with E-state index in [1.54, 1.807) is 18.3 Å². The maximum Gasteiger partial charge on any atom is 0.285 e. The van der Waals surface area contributed by atoms with E-state index >= 15 is 0 Å². The molecule has 2 aromatic rings. The normalized spacial score (nSPS) is 10.4. The summed E-state index contributed by atoms with van der Waals surface area (Å²) in [6.45, 7) is 0.